The highest BCUT2D eigenvalue weighted by Crippen LogP contribution is 2.11. The van der Waals surface area contributed by atoms with E-state index in [2.05, 4.69) is 10.3 Å². The Labute approximate surface area is 94.5 Å². The number of carbonyl (C=O) groups excluding carboxylic acids is 1. The first kappa shape index (κ1) is 12.4. The zero-order valence-corrected chi connectivity index (χ0v) is 9.43. The van der Waals surface area contributed by atoms with E-state index in [0.717, 1.165) is 0 Å². The van der Waals surface area contributed by atoms with E-state index in [1.807, 2.05) is 13.8 Å². The Morgan fingerprint density at radius 3 is 3.00 bits per heavy atom. The van der Waals surface area contributed by atoms with Gasteiger partial charge in [0.15, 0.2) is 5.69 Å². The van der Waals surface area contributed by atoms with Gasteiger partial charge in [-0.3, -0.25) is 4.79 Å². The summed E-state index contributed by atoms with van der Waals surface area (Å²) < 4.78 is 5.26. The van der Waals surface area contributed by atoms with Gasteiger partial charge in [0, 0.05) is 12.7 Å². The molecule has 5 heteroatoms. The van der Waals surface area contributed by atoms with Crippen LogP contribution in [0.25, 0.3) is 0 Å². The van der Waals surface area contributed by atoms with Crippen LogP contribution in [0, 0.1) is 0 Å². The number of aromatic nitrogens is 1. The molecule has 0 bridgehead atoms. The summed E-state index contributed by atoms with van der Waals surface area (Å²) >= 11 is 0. The monoisotopic (exact) mass is 224 g/mol. The number of rotatable bonds is 5. The lowest BCUT2D eigenvalue weighted by Crippen LogP contribution is -2.28. The molecule has 1 aromatic heterocycles. The molecule has 1 heterocycles. The molecule has 0 unspecified atom stereocenters. The maximum atomic E-state index is 11.5. The fraction of sp³-hybridized carbons (Fsp3) is 0.455. The maximum Gasteiger partial charge on any atom is 0.273 e. The zero-order chi connectivity index (χ0) is 12.0. The normalized spacial score (nSPS) is 10.4. The number of hydrogen-bond donors (Lipinski definition) is 2. The number of amides is 1. The molecule has 0 radical (unpaired) electrons. The molecule has 0 saturated heterocycles. The number of ether oxygens (including phenoxy) is 1. The van der Waals surface area contributed by atoms with E-state index in [4.69, 9.17) is 4.74 Å². The van der Waals surface area contributed by atoms with E-state index in [1.165, 1.54) is 12.3 Å². The molecule has 2 N–H and O–H groups in total. The van der Waals surface area contributed by atoms with Gasteiger partial charge in [-0.25, -0.2) is 4.98 Å². The smallest absolute Gasteiger partial charge is 0.273 e. The molecule has 16 heavy (non-hydrogen) atoms. The molecule has 0 saturated carbocycles. The van der Waals surface area contributed by atoms with E-state index >= 15 is 0 Å². The van der Waals surface area contributed by atoms with Crippen molar-refractivity contribution in [3.8, 4) is 5.75 Å². The fourth-order valence-corrected chi connectivity index (χ4v) is 1.11. The third-order valence-electron chi connectivity index (χ3n) is 1.84. The molecule has 0 aliphatic carbocycles. The molecular weight excluding hydrogens is 208 g/mol. The van der Waals surface area contributed by atoms with Gasteiger partial charge in [0.1, 0.15) is 5.75 Å². The standard InChI is InChI=1S/C11H16N2O3/c1-8(2)16-7-6-13-11(15)10-9(14)4-3-5-12-10/h3-5,8,14H,6-7H2,1-2H3,(H,13,15). The highest BCUT2D eigenvalue weighted by atomic mass is 16.5. The van der Waals surface area contributed by atoms with Crippen LogP contribution in [0.4, 0.5) is 0 Å². The minimum atomic E-state index is -0.398. The lowest BCUT2D eigenvalue weighted by molar-refractivity contribution is 0.0743. The highest BCUT2D eigenvalue weighted by Gasteiger charge is 2.10. The average molecular weight is 224 g/mol. The predicted molar refractivity (Wildman–Crippen MR) is 59.3 cm³/mol. The molecule has 1 rings (SSSR count). The van der Waals surface area contributed by atoms with Crippen LogP contribution in [-0.4, -0.2) is 35.3 Å². The summed E-state index contributed by atoms with van der Waals surface area (Å²) in [4.78, 5) is 15.3. The van der Waals surface area contributed by atoms with Crippen molar-refractivity contribution in [1.29, 1.82) is 0 Å². The van der Waals surface area contributed by atoms with Gasteiger partial charge < -0.3 is 15.2 Å². The second kappa shape index (κ2) is 6.07. The second-order valence-electron chi connectivity index (χ2n) is 3.55. The van der Waals surface area contributed by atoms with Crippen molar-refractivity contribution in [2.45, 2.75) is 20.0 Å². The van der Waals surface area contributed by atoms with E-state index in [-0.39, 0.29) is 17.5 Å². The van der Waals surface area contributed by atoms with Crippen LogP contribution in [-0.2, 0) is 4.74 Å². The van der Waals surface area contributed by atoms with E-state index in [0.29, 0.717) is 13.2 Å². The van der Waals surface area contributed by atoms with Gasteiger partial charge in [-0.1, -0.05) is 0 Å². The minimum absolute atomic E-state index is 0.0343. The van der Waals surface area contributed by atoms with Crippen LogP contribution in [0.1, 0.15) is 24.3 Å². The lowest BCUT2D eigenvalue weighted by atomic mass is 10.3. The van der Waals surface area contributed by atoms with Crippen LogP contribution in [0.15, 0.2) is 18.3 Å². The molecule has 0 aliphatic rings. The molecule has 0 aliphatic heterocycles. The first-order valence-corrected chi connectivity index (χ1v) is 5.15. The molecular formula is C11H16N2O3. The van der Waals surface area contributed by atoms with Gasteiger partial charge in [-0.2, -0.15) is 0 Å². The number of hydrogen-bond acceptors (Lipinski definition) is 4. The Kier molecular flexibility index (Phi) is 4.72. The first-order valence-electron chi connectivity index (χ1n) is 5.15. The van der Waals surface area contributed by atoms with Crippen LogP contribution >= 0.6 is 0 Å². The Morgan fingerprint density at radius 1 is 1.62 bits per heavy atom. The summed E-state index contributed by atoms with van der Waals surface area (Å²) in [6, 6.07) is 2.99. The quantitative estimate of drug-likeness (QED) is 0.730. The molecule has 1 aromatic rings. The van der Waals surface area contributed by atoms with Crippen LogP contribution < -0.4 is 5.32 Å². The van der Waals surface area contributed by atoms with Gasteiger partial charge in [0.2, 0.25) is 0 Å². The number of nitrogens with zero attached hydrogens (tertiary/aromatic N) is 1. The van der Waals surface area contributed by atoms with Crippen LogP contribution in [0.5, 0.6) is 5.75 Å². The molecule has 0 fully saturated rings. The topological polar surface area (TPSA) is 71.5 Å². The molecule has 0 spiro atoms. The van der Waals surface area contributed by atoms with E-state index in [9.17, 15) is 9.90 Å². The Hall–Kier alpha value is -1.62. The number of carbonyl (C=O) groups is 1. The Balaban J connectivity index is 2.39. The lowest BCUT2D eigenvalue weighted by Gasteiger charge is -2.08. The first-order chi connectivity index (χ1) is 7.61. The number of pyridine rings is 1. The third-order valence-corrected chi connectivity index (χ3v) is 1.84. The van der Waals surface area contributed by atoms with Crippen molar-refractivity contribution in [2.24, 2.45) is 0 Å². The molecule has 5 nitrogen and oxygen atoms in total. The maximum absolute atomic E-state index is 11.5. The summed E-state index contributed by atoms with van der Waals surface area (Å²) in [5.74, 6) is -0.518. The second-order valence-corrected chi connectivity index (χ2v) is 3.55. The largest absolute Gasteiger partial charge is 0.505 e. The summed E-state index contributed by atoms with van der Waals surface area (Å²) in [5, 5.41) is 12.0. The molecule has 1 amide bonds. The van der Waals surface area contributed by atoms with Crippen molar-refractivity contribution >= 4 is 5.91 Å². The van der Waals surface area contributed by atoms with Gasteiger partial charge in [0.25, 0.3) is 5.91 Å². The van der Waals surface area contributed by atoms with Crippen molar-refractivity contribution in [2.75, 3.05) is 13.2 Å². The molecule has 0 atom stereocenters. The summed E-state index contributed by atoms with van der Waals surface area (Å²) in [6.07, 6.45) is 1.60. The zero-order valence-electron chi connectivity index (χ0n) is 9.43. The van der Waals surface area contributed by atoms with Crippen LogP contribution in [0.3, 0.4) is 0 Å². The molecule has 0 aromatic carbocycles. The average Bonchev–Trinajstić information content (AvgIpc) is 2.24. The van der Waals surface area contributed by atoms with E-state index < -0.39 is 5.91 Å². The Bertz CT molecular complexity index is 353. The van der Waals surface area contributed by atoms with Gasteiger partial charge >= 0.3 is 0 Å². The van der Waals surface area contributed by atoms with Crippen molar-refractivity contribution < 1.29 is 14.6 Å². The van der Waals surface area contributed by atoms with Gasteiger partial charge in [-0.05, 0) is 26.0 Å². The van der Waals surface area contributed by atoms with Gasteiger partial charge in [0.05, 0.1) is 12.7 Å². The summed E-state index contributed by atoms with van der Waals surface area (Å²) in [5.41, 5.74) is 0.0343. The number of aromatic hydroxyl groups is 1. The third kappa shape index (κ3) is 3.86. The number of nitrogens with one attached hydrogen (secondary N) is 1. The van der Waals surface area contributed by atoms with Crippen molar-refractivity contribution in [3.63, 3.8) is 0 Å². The Morgan fingerprint density at radius 2 is 2.38 bits per heavy atom. The summed E-state index contributed by atoms with van der Waals surface area (Å²) in [6.45, 7) is 4.68. The van der Waals surface area contributed by atoms with Crippen molar-refractivity contribution in [1.82, 2.24) is 10.3 Å². The van der Waals surface area contributed by atoms with Crippen LogP contribution in [0.2, 0.25) is 0 Å². The van der Waals surface area contributed by atoms with Crippen molar-refractivity contribution in [3.05, 3.63) is 24.0 Å². The molecule has 88 valence electrons. The predicted octanol–water partition coefficient (Wildman–Crippen LogP) is 0.942. The van der Waals surface area contributed by atoms with Gasteiger partial charge in [-0.15, -0.1) is 0 Å². The summed E-state index contributed by atoms with van der Waals surface area (Å²) in [7, 11) is 0. The minimum Gasteiger partial charge on any atom is -0.505 e. The fourth-order valence-electron chi connectivity index (χ4n) is 1.11. The highest BCUT2D eigenvalue weighted by molar-refractivity contribution is 5.94. The SMILES string of the molecule is CC(C)OCCNC(=O)c1ncccc1O. The van der Waals surface area contributed by atoms with E-state index in [1.54, 1.807) is 6.07 Å².